The third kappa shape index (κ3) is 8.52. The van der Waals surface area contributed by atoms with Crippen LogP contribution < -0.4 is 0 Å². The van der Waals surface area contributed by atoms with Crippen molar-refractivity contribution in [1.82, 2.24) is 0 Å². The predicted octanol–water partition coefficient (Wildman–Crippen LogP) is 4.15. The van der Waals surface area contributed by atoms with Crippen LogP contribution >= 0.6 is 34.8 Å². The van der Waals surface area contributed by atoms with Gasteiger partial charge in [0.15, 0.2) is 0 Å². The average molecular weight is 216 g/mol. The summed E-state index contributed by atoms with van der Waals surface area (Å²) in [5, 5.41) is 0.965. The zero-order valence-corrected chi connectivity index (χ0v) is 8.88. The van der Waals surface area contributed by atoms with Gasteiger partial charge in [-0.2, -0.15) is 0 Å². The molecule has 11 heavy (non-hydrogen) atoms. The molecule has 0 rings (SSSR count). The number of allylic oxidation sites excluding steroid dienone is 2. The Kier molecular flexibility index (Phi) is 7.67. The number of halogens is 3. The highest BCUT2D eigenvalue weighted by Gasteiger charge is 1.98. The lowest BCUT2D eigenvalue weighted by Crippen LogP contribution is -1.89. The van der Waals surface area contributed by atoms with Crippen molar-refractivity contribution in [1.29, 1.82) is 0 Å². The monoisotopic (exact) mass is 214 g/mol. The minimum Gasteiger partial charge on any atom is -0.127 e. The lowest BCUT2D eigenvalue weighted by Gasteiger charge is -1.99. The summed E-state index contributed by atoms with van der Waals surface area (Å²) in [6.45, 7) is 1.93. The first-order valence-corrected chi connectivity index (χ1v) is 5.06. The van der Waals surface area contributed by atoms with E-state index in [2.05, 4.69) is 0 Å². The Bertz CT molecular complexity index is 119. The highest BCUT2D eigenvalue weighted by Crippen LogP contribution is 2.15. The number of hydrogen-bond donors (Lipinski definition) is 0. The fraction of sp³-hybridized carbons (Fsp3) is 0.750. The second kappa shape index (κ2) is 7.27. The van der Waals surface area contributed by atoms with E-state index in [1.807, 2.05) is 13.0 Å². The number of unbranched alkanes of at least 4 members (excludes halogenated alkanes) is 1. The Balaban J connectivity index is 3.46. The van der Waals surface area contributed by atoms with Gasteiger partial charge in [0.1, 0.15) is 0 Å². The van der Waals surface area contributed by atoms with Gasteiger partial charge >= 0.3 is 0 Å². The summed E-state index contributed by atoms with van der Waals surface area (Å²) in [6.07, 6.45) is 4.68. The molecule has 0 aliphatic carbocycles. The Hall–Kier alpha value is 0.610. The average Bonchev–Trinajstić information content (AvgIpc) is 1.86. The molecule has 0 aromatic heterocycles. The number of alkyl halides is 2. The molecule has 0 aliphatic rings. The molecule has 1 unspecified atom stereocenters. The normalized spacial score (nSPS) is 15.1. The zero-order chi connectivity index (χ0) is 8.69. The molecule has 0 aromatic rings. The van der Waals surface area contributed by atoms with Gasteiger partial charge in [0.25, 0.3) is 0 Å². The van der Waals surface area contributed by atoms with Crippen molar-refractivity contribution in [2.45, 2.75) is 31.6 Å². The van der Waals surface area contributed by atoms with E-state index >= 15 is 0 Å². The third-order valence-corrected chi connectivity index (χ3v) is 1.91. The summed E-state index contributed by atoms with van der Waals surface area (Å²) in [7, 11) is 0. The molecule has 1 atom stereocenters. The van der Waals surface area contributed by atoms with Crippen LogP contribution in [0.15, 0.2) is 11.1 Å². The first-order chi connectivity index (χ1) is 5.16. The molecule has 0 saturated carbocycles. The van der Waals surface area contributed by atoms with Crippen LogP contribution in [-0.4, -0.2) is 11.3 Å². The minimum absolute atomic E-state index is 0.120. The van der Waals surface area contributed by atoms with E-state index in [0.29, 0.717) is 5.88 Å². The summed E-state index contributed by atoms with van der Waals surface area (Å²) in [6, 6.07) is 0. The molecule has 0 aromatic carbocycles. The molecule has 0 amide bonds. The van der Waals surface area contributed by atoms with Crippen LogP contribution in [0.3, 0.4) is 0 Å². The maximum absolute atomic E-state index is 5.85. The standard InChI is InChI=1S/C8H13Cl3/c1-7(10)6-8(11)4-2-3-5-9/h4,7H,2-3,5-6H2,1H3. The van der Waals surface area contributed by atoms with E-state index in [1.54, 1.807) is 0 Å². The van der Waals surface area contributed by atoms with E-state index in [-0.39, 0.29) is 5.38 Å². The third-order valence-electron chi connectivity index (χ3n) is 1.18. The largest absolute Gasteiger partial charge is 0.127 e. The summed E-state index contributed by atoms with van der Waals surface area (Å²) < 4.78 is 0. The first-order valence-electron chi connectivity index (χ1n) is 3.71. The quantitative estimate of drug-likeness (QED) is 0.477. The summed E-state index contributed by atoms with van der Waals surface area (Å²) in [5.74, 6) is 0.692. The van der Waals surface area contributed by atoms with Crippen LogP contribution in [0.2, 0.25) is 0 Å². The highest BCUT2D eigenvalue weighted by molar-refractivity contribution is 6.30. The molecular weight excluding hydrogens is 202 g/mol. The van der Waals surface area contributed by atoms with Crippen LogP contribution in [-0.2, 0) is 0 Å². The Labute approximate surface area is 83.5 Å². The van der Waals surface area contributed by atoms with Gasteiger partial charge in [-0.15, -0.1) is 23.2 Å². The van der Waals surface area contributed by atoms with Gasteiger partial charge < -0.3 is 0 Å². The topological polar surface area (TPSA) is 0 Å². The molecule has 0 radical (unpaired) electrons. The van der Waals surface area contributed by atoms with Crippen molar-refractivity contribution in [3.8, 4) is 0 Å². The maximum Gasteiger partial charge on any atom is 0.0356 e. The molecule has 0 spiro atoms. The molecule has 0 bridgehead atoms. The fourth-order valence-electron chi connectivity index (χ4n) is 0.688. The van der Waals surface area contributed by atoms with E-state index in [4.69, 9.17) is 34.8 Å². The zero-order valence-electron chi connectivity index (χ0n) is 6.62. The fourth-order valence-corrected chi connectivity index (χ4v) is 1.43. The number of hydrogen-bond acceptors (Lipinski definition) is 0. The highest BCUT2D eigenvalue weighted by atomic mass is 35.5. The maximum atomic E-state index is 5.85. The Morgan fingerprint density at radius 3 is 2.64 bits per heavy atom. The molecule has 0 fully saturated rings. The van der Waals surface area contributed by atoms with Crippen LogP contribution in [0.1, 0.15) is 26.2 Å². The second-order valence-electron chi connectivity index (χ2n) is 2.47. The van der Waals surface area contributed by atoms with Crippen molar-refractivity contribution >= 4 is 34.8 Å². The summed E-state index contributed by atoms with van der Waals surface area (Å²) >= 11 is 17.1. The summed E-state index contributed by atoms with van der Waals surface area (Å²) in [5.41, 5.74) is 0. The van der Waals surface area contributed by atoms with Gasteiger partial charge in [-0.1, -0.05) is 17.7 Å². The van der Waals surface area contributed by atoms with E-state index in [0.717, 1.165) is 24.3 Å². The van der Waals surface area contributed by atoms with Crippen molar-refractivity contribution in [2.24, 2.45) is 0 Å². The Morgan fingerprint density at radius 2 is 2.18 bits per heavy atom. The molecule has 0 heterocycles. The van der Waals surface area contributed by atoms with Crippen LogP contribution in [0.4, 0.5) is 0 Å². The predicted molar refractivity (Wildman–Crippen MR) is 53.8 cm³/mol. The number of rotatable bonds is 5. The van der Waals surface area contributed by atoms with Crippen LogP contribution in [0.5, 0.6) is 0 Å². The lowest BCUT2D eigenvalue weighted by atomic mass is 10.2. The smallest absolute Gasteiger partial charge is 0.0356 e. The summed E-state index contributed by atoms with van der Waals surface area (Å²) in [4.78, 5) is 0. The first kappa shape index (κ1) is 11.6. The molecule has 0 aliphatic heterocycles. The van der Waals surface area contributed by atoms with Gasteiger partial charge in [-0.3, -0.25) is 0 Å². The molecular formula is C8H13Cl3. The van der Waals surface area contributed by atoms with Gasteiger partial charge in [-0.05, 0) is 26.2 Å². The van der Waals surface area contributed by atoms with Crippen LogP contribution in [0.25, 0.3) is 0 Å². The molecule has 0 nitrogen and oxygen atoms in total. The minimum atomic E-state index is 0.120. The van der Waals surface area contributed by atoms with Crippen molar-refractivity contribution in [3.05, 3.63) is 11.1 Å². The van der Waals surface area contributed by atoms with E-state index in [9.17, 15) is 0 Å². The molecule has 66 valence electrons. The van der Waals surface area contributed by atoms with Gasteiger partial charge in [0, 0.05) is 16.3 Å². The molecule has 0 saturated heterocycles. The van der Waals surface area contributed by atoms with E-state index < -0.39 is 0 Å². The van der Waals surface area contributed by atoms with Gasteiger partial charge in [0.05, 0.1) is 0 Å². The molecule has 0 N–H and O–H groups in total. The van der Waals surface area contributed by atoms with Gasteiger partial charge in [-0.25, -0.2) is 0 Å². The lowest BCUT2D eigenvalue weighted by molar-refractivity contribution is 0.918. The van der Waals surface area contributed by atoms with Crippen molar-refractivity contribution < 1.29 is 0 Å². The van der Waals surface area contributed by atoms with Gasteiger partial charge in [0.2, 0.25) is 0 Å². The Morgan fingerprint density at radius 1 is 1.55 bits per heavy atom. The van der Waals surface area contributed by atoms with Crippen molar-refractivity contribution in [3.63, 3.8) is 0 Å². The van der Waals surface area contributed by atoms with E-state index in [1.165, 1.54) is 0 Å². The van der Waals surface area contributed by atoms with Crippen molar-refractivity contribution in [2.75, 3.05) is 5.88 Å². The SMILES string of the molecule is CC(Cl)CC(Cl)=CCCCCl. The molecule has 3 heteroatoms. The second-order valence-corrected chi connectivity index (χ2v) is 4.08. The van der Waals surface area contributed by atoms with Crippen LogP contribution in [0, 0.1) is 0 Å².